The van der Waals surface area contributed by atoms with Gasteiger partial charge in [0.15, 0.2) is 5.96 Å². The van der Waals surface area contributed by atoms with Crippen molar-refractivity contribution in [2.24, 2.45) is 4.99 Å². The molecule has 0 spiro atoms. The van der Waals surface area contributed by atoms with Gasteiger partial charge in [0.25, 0.3) is 0 Å². The predicted octanol–water partition coefficient (Wildman–Crippen LogP) is 2.91. The molecule has 3 rings (SSSR count). The summed E-state index contributed by atoms with van der Waals surface area (Å²) < 4.78 is 10.7. The van der Waals surface area contributed by atoms with Crippen molar-refractivity contribution >= 4 is 35.8 Å². The van der Waals surface area contributed by atoms with Gasteiger partial charge in [-0.2, -0.15) is 0 Å². The highest BCUT2D eigenvalue weighted by molar-refractivity contribution is 14.0. The molecule has 1 saturated heterocycles. The van der Waals surface area contributed by atoms with E-state index in [-0.39, 0.29) is 42.5 Å². The largest absolute Gasteiger partial charge is 0.497 e. The number of furan rings is 1. The van der Waals surface area contributed by atoms with Gasteiger partial charge in [0.05, 0.1) is 26.0 Å². The van der Waals surface area contributed by atoms with E-state index in [0.29, 0.717) is 31.4 Å². The maximum atomic E-state index is 12.1. The molecule has 1 aromatic carbocycles. The summed E-state index contributed by atoms with van der Waals surface area (Å²) in [7, 11) is 1.69. The van der Waals surface area contributed by atoms with Crippen molar-refractivity contribution in [2.45, 2.75) is 32.4 Å². The Morgan fingerprint density at radius 3 is 2.69 bits per heavy atom. The minimum Gasteiger partial charge on any atom is -0.497 e. The fraction of sp³-hybridized carbons (Fsp3) is 0.478. The number of halogens is 1. The first-order chi connectivity index (χ1) is 15.2. The molecule has 1 aromatic heterocycles. The summed E-state index contributed by atoms with van der Waals surface area (Å²) in [6.45, 7) is 5.97. The van der Waals surface area contributed by atoms with Gasteiger partial charge in [0, 0.05) is 13.1 Å². The number of hydrogen-bond donors (Lipinski definition) is 3. The second-order valence-corrected chi connectivity index (χ2v) is 7.47. The van der Waals surface area contributed by atoms with E-state index in [9.17, 15) is 4.79 Å². The van der Waals surface area contributed by atoms with Crippen molar-refractivity contribution in [3.05, 3.63) is 54.0 Å². The number of methoxy groups -OCH3 is 1. The average Bonchev–Trinajstić information content (AvgIpc) is 3.51. The maximum absolute atomic E-state index is 12.1. The summed E-state index contributed by atoms with van der Waals surface area (Å²) in [5, 5.41) is 9.45. The minimum absolute atomic E-state index is 0. The fourth-order valence-electron chi connectivity index (χ4n) is 3.70. The monoisotopic (exact) mass is 555 g/mol. The third-order valence-corrected chi connectivity index (χ3v) is 5.29. The van der Waals surface area contributed by atoms with E-state index in [1.807, 2.05) is 25.1 Å². The van der Waals surface area contributed by atoms with Crippen LogP contribution >= 0.6 is 24.0 Å². The quantitative estimate of drug-likeness (QED) is 0.237. The van der Waals surface area contributed by atoms with Crippen molar-refractivity contribution in [1.29, 1.82) is 0 Å². The fourth-order valence-corrected chi connectivity index (χ4v) is 3.70. The molecule has 0 bridgehead atoms. The highest BCUT2D eigenvalue weighted by Gasteiger charge is 2.24. The summed E-state index contributed by atoms with van der Waals surface area (Å²) >= 11 is 0. The first kappa shape index (κ1) is 26.0. The number of nitrogens with zero attached hydrogens (tertiary/aromatic N) is 2. The standard InChI is InChI=1S/C23H33N5O3.HI/c1-3-24-23(27-17-22(29)25-15-20-10-7-13-31-20)26-16-21(28-11-4-5-12-28)18-8-6-9-19(14-18)30-2;/h6-10,13-14,21H,3-5,11-12,15-17H2,1-2H3,(H,25,29)(H2,24,26,27);1H. The number of carbonyl (C=O) groups excluding carboxylic acids is 1. The molecule has 32 heavy (non-hydrogen) atoms. The van der Waals surface area contributed by atoms with E-state index in [4.69, 9.17) is 9.15 Å². The summed E-state index contributed by atoms with van der Waals surface area (Å²) in [4.78, 5) is 19.1. The molecule has 0 aliphatic carbocycles. The van der Waals surface area contributed by atoms with Crippen LogP contribution in [-0.2, 0) is 11.3 Å². The van der Waals surface area contributed by atoms with Gasteiger partial charge in [-0.15, -0.1) is 24.0 Å². The average molecular weight is 555 g/mol. The van der Waals surface area contributed by atoms with Crippen LogP contribution in [0.3, 0.4) is 0 Å². The molecule has 1 aliphatic heterocycles. The molecule has 2 aromatic rings. The SMILES string of the molecule is CCNC(=NCC(=O)NCc1ccco1)NCC(c1cccc(OC)c1)N1CCCC1.I. The Morgan fingerprint density at radius 1 is 1.19 bits per heavy atom. The van der Waals surface area contributed by atoms with Gasteiger partial charge in [-0.25, -0.2) is 4.99 Å². The number of carbonyl (C=O) groups is 1. The van der Waals surface area contributed by atoms with E-state index in [2.05, 4.69) is 38.0 Å². The maximum Gasteiger partial charge on any atom is 0.242 e. The number of ether oxygens (including phenoxy) is 1. The molecule has 8 nitrogen and oxygen atoms in total. The molecule has 1 fully saturated rings. The topological polar surface area (TPSA) is 91.1 Å². The third-order valence-electron chi connectivity index (χ3n) is 5.29. The van der Waals surface area contributed by atoms with Crippen molar-refractivity contribution in [3.8, 4) is 5.75 Å². The van der Waals surface area contributed by atoms with E-state index >= 15 is 0 Å². The smallest absolute Gasteiger partial charge is 0.242 e. The predicted molar refractivity (Wildman–Crippen MR) is 136 cm³/mol. The van der Waals surface area contributed by atoms with Crippen molar-refractivity contribution in [3.63, 3.8) is 0 Å². The van der Waals surface area contributed by atoms with Crippen LogP contribution in [0, 0.1) is 0 Å². The summed E-state index contributed by atoms with van der Waals surface area (Å²) in [5.41, 5.74) is 1.21. The molecule has 1 amide bonds. The normalized spacial score (nSPS) is 15.0. The van der Waals surface area contributed by atoms with E-state index in [1.165, 1.54) is 18.4 Å². The second-order valence-electron chi connectivity index (χ2n) is 7.47. The van der Waals surface area contributed by atoms with Crippen LogP contribution in [0.1, 0.15) is 37.1 Å². The molecule has 1 atom stereocenters. The van der Waals surface area contributed by atoms with Gasteiger partial charge in [0.1, 0.15) is 18.1 Å². The molecule has 1 aliphatic rings. The van der Waals surface area contributed by atoms with Crippen LogP contribution < -0.4 is 20.7 Å². The molecular weight excluding hydrogens is 521 g/mol. The highest BCUT2D eigenvalue weighted by Crippen LogP contribution is 2.27. The molecule has 176 valence electrons. The zero-order valence-corrected chi connectivity index (χ0v) is 21.1. The molecule has 9 heteroatoms. The first-order valence-corrected chi connectivity index (χ1v) is 10.9. The lowest BCUT2D eigenvalue weighted by Crippen LogP contribution is -2.43. The minimum atomic E-state index is -0.155. The number of guanidine groups is 1. The Kier molecular flexibility index (Phi) is 11.4. The third kappa shape index (κ3) is 8.01. The van der Waals surface area contributed by atoms with Gasteiger partial charge in [0.2, 0.25) is 5.91 Å². The molecule has 2 heterocycles. The van der Waals surface area contributed by atoms with Crippen LogP contribution in [-0.4, -0.2) is 56.6 Å². The Hall–Kier alpha value is -2.27. The second kappa shape index (κ2) is 14.0. The van der Waals surface area contributed by atoms with Gasteiger partial charge in [-0.05, 0) is 62.7 Å². The lowest BCUT2D eigenvalue weighted by molar-refractivity contribution is -0.119. The molecular formula is C23H34IN5O3. The van der Waals surface area contributed by atoms with Gasteiger partial charge in [-0.1, -0.05) is 12.1 Å². The lowest BCUT2D eigenvalue weighted by atomic mass is 10.1. The molecule has 1 unspecified atom stereocenters. The van der Waals surface area contributed by atoms with Crippen molar-refractivity contribution in [2.75, 3.05) is 39.8 Å². The Labute approximate surface area is 207 Å². The molecule has 3 N–H and O–H groups in total. The zero-order chi connectivity index (χ0) is 21.9. The Bertz CT molecular complexity index is 838. The summed E-state index contributed by atoms with van der Waals surface area (Å²) in [6.07, 6.45) is 4.01. The Balaban J connectivity index is 0.00000363. The molecule has 0 saturated carbocycles. The number of likely N-dealkylation sites (tertiary alicyclic amines) is 1. The van der Waals surface area contributed by atoms with Gasteiger partial charge < -0.3 is 25.1 Å². The van der Waals surface area contributed by atoms with E-state index < -0.39 is 0 Å². The summed E-state index contributed by atoms with van der Waals surface area (Å²) in [5.74, 6) is 2.05. The number of hydrogen-bond acceptors (Lipinski definition) is 5. The van der Waals surface area contributed by atoms with Crippen LogP contribution in [0.5, 0.6) is 5.75 Å². The van der Waals surface area contributed by atoms with E-state index in [0.717, 1.165) is 18.8 Å². The van der Waals surface area contributed by atoms with Gasteiger partial charge in [-0.3, -0.25) is 9.69 Å². The lowest BCUT2D eigenvalue weighted by Gasteiger charge is -2.29. The van der Waals surface area contributed by atoms with Crippen molar-refractivity contribution < 1.29 is 13.9 Å². The number of nitrogens with one attached hydrogen (secondary N) is 3. The van der Waals surface area contributed by atoms with E-state index in [1.54, 1.807) is 19.4 Å². The Morgan fingerprint density at radius 2 is 2.00 bits per heavy atom. The first-order valence-electron chi connectivity index (χ1n) is 10.9. The summed E-state index contributed by atoms with van der Waals surface area (Å²) in [6, 6.07) is 12.0. The van der Waals surface area contributed by atoms with Gasteiger partial charge >= 0.3 is 0 Å². The molecule has 0 radical (unpaired) electrons. The van der Waals surface area contributed by atoms with Crippen LogP contribution in [0.2, 0.25) is 0 Å². The van der Waals surface area contributed by atoms with Crippen LogP contribution in [0.25, 0.3) is 0 Å². The number of rotatable bonds is 10. The van der Waals surface area contributed by atoms with Crippen LogP contribution in [0.4, 0.5) is 0 Å². The number of benzene rings is 1. The number of amides is 1. The zero-order valence-electron chi connectivity index (χ0n) is 18.8. The van der Waals surface area contributed by atoms with Crippen LogP contribution in [0.15, 0.2) is 52.1 Å². The highest BCUT2D eigenvalue weighted by atomic mass is 127. The number of aliphatic imine (C=N–C) groups is 1. The van der Waals surface area contributed by atoms with Crippen molar-refractivity contribution in [1.82, 2.24) is 20.9 Å².